The predicted molar refractivity (Wildman–Crippen MR) is 140 cm³/mol. The Morgan fingerprint density at radius 3 is 2.63 bits per heavy atom. The van der Waals surface area contributed by atoms with Gasteiger partial charge in [0.2, 0.25) is 5.91 Å². The second-order valence-corrected chi connectivity index (χ2v) is 12.6. The minimum Gasteiger partial charge on any atom is -0.324 e. The summed E-state index contributed by atoms with van der Waals surface area (Å²) in [5.41, 5.74) is 1.68. The number of thioether (sulfide) groups is 1. The van der Waals surface area contributed by atoms with E-state index in [4.69, 9.17) is 23.8 Å². The van der Waals surface area contributed by atoms with Crippen LogP contribution in [-0.4, -0.2) is 59.5 Å². The molecule has 0 radical (unpaired) electrons. The molecule has 12 heteroatoms. The molecule has 2 fully saturated rings. The molecule has 3 aliphatic rings. The van der Waals surface area contributed by atoms with Gasteiger partial charge in [0, 0.05) is 16.3 Å². The third-order valence-electron chi connectivity index (χ3n) is 5.93. The highest BCUT2D eigenvalue weighted by molar-refractivity contribution is 8.26. The maximum atomic E-state index is 13.5. The van der Waals surface area contributed by atoms with E-state index < -0.39 is 33.6 Å². The summed E-state index contributed by atoms with van der Waals surface area (Å²) < 4.78 is 24.1. The van der Waals surface area contributed by atoms with Gasteiger partial charge in [-0.25, -0.2) is 8.42 Å². The zero-order valence-corrected chi connectivity index (χ0v) is 21.3. The number of halogens is 1. The number of amides is 3. The lowest BCUT2D eigenvalue weighted by Gasteiger charge is -2.21. The van der Waals surface area contributed by atoms with Crippen LogP contribution in [0.5, 0.6) is 0 Å². The molecule has 0 aromatic heterocycles. The van der Waals surface area contributed by atoms with E-state index in [2.05, 4.69) is 5.32 Å². The van der Waals surface area contributed by atoms with Crippen molar-refractivity contribution in [3.8, 4) is 0 Å². The molecular formula is C23H18ClN3O5S3. The van der Waals surface area contributed by atoms with Gasteiger partial charge in [-0.15, -0.1) is 0 Å². The van der Waals surface area contributed by atoms with Crippen LogP contribution in [0.25, 0.3) is 5.57 Å². The topological polar surface area (TPSA) is 104 Å². The highest BCUT2D eigenvalue weighted by Crippen LogP contribution is 2.45. The lowest BCUT2D eigenvalue weighted by atomic mass is 10.1. The summed E-state index contributed by atoms with van der Waals surface area (Å²) in [6, 6.07) is 13.0. The van der Waals surface area contributed by atoms with Crippen LogP contribution in [-0.2, 0) is 24.2 Å². The van der Waals surface area contributed by atoms with Crippen LogP contribution in [0.3, 0.4) is 0 Å². The van der Waals surface area contributed by atoms with Crippen molar-refractivity contribution in [3.05, 3.63) is 64.0 Å². The standard InChI is InChI=1S/C23H18ClN3O5S3/c24-13-4-3-5-14(10-13)25-18(28)11-26-17-7-2-1-6-16(17)19(21(26)29)20-22(30)27(23(33)34-20)15-8-9-35(31,32)12-15/h1-7,10,15H,8-9,11-12H2,(H,25,28). The Morgan fingerprint density at radius 2 is 1.91 bits per heavy atom. The zero-order chi connectivity index (χ0) is 24.9. The fourth-order valence-electron chi connectivity index (χ4n) is 4.39. The first-order valence-electron chi connectivity index (χ1n) is 10.6. The molecule has 2 aromatic rings. The van der Waals surface area contributed by atoms with Crippen LogP contribution in [0.2, 0.25) is 5.02 Å². The summed E-state index contributed by atoms with van der Waals surface area (Å²) in [6.07, 6.45) is 0.303. The predicted octanol–water partition coefficient (Wildman–Crippen LogP) is 3.08. The van der Waals surface area contributed by atoms with E-state index in [1.54, 1.807) is 48.5 Å². The van der Waals surface area contributed by atoms with Crippen molar-refractivity contribution in [3.63, 3.8) is 0 Å². The Kier molecular flexibility index (Phi) is 6.20. The molecule has 0 bridgehead atoms. The van der Waals surface area contributed by atoms with E-state index >= 15 is 0 Å². The third kappa shape index (κ3) is 4.49. The number of nitrogens with one attached hydrogen (secondary N) is 1. The SMILES string of the molecule is O=C(CN1C(=O)C(=C2SC(=S)N(C3CCS(=O)(=O)C3)C2=O)c2ccccc21)Nc1cccc(Cl)c1. The van der Waals surface area contributed by atoms with Crippen LogP contribution in [0, 0.1) is 0 Å². The summed E-state index contributed by atoms with van der Waals surface area (Å²) in [5, 5.41) is 3.18. The van der Waals surface area contributed by atoms with Crippen molar-refractivity contribution >= 4 is 84.4 Å². The molecule has 3 aliphatic heterocycles. The molecular weight excluding hydrogens is 530 g/mol. The maximum Gasteiger partial charge on any atom is 0.267 e. The van der Waals surface area contributed by atoms with E-state index in [9.17, 15) is 22.8 Å². The molecule has 2 saturated heterocycles. The molecule has 2 aromatic carbocycles. The van der Waals surface area contributed by atoms with Crippen LogP contribution in [0.1, 0.15) is 12.0 Å². The molecule has 0 spiro atoms. The van der Waals surface area contributed by atoms with Gasteiger partial charge < -0.3 is 5.32 Å². The van der Waals surface area contributed by atoms with E-state index in [-0.39, 0.29) is 32.8 Å². The quantitative estimate of drug-likeness (QED) is 0.463. The largest absolute Gasteiger partial charge is 0.324 e. The van der Waals surface area contributed by atoms with Gasteiger partial charge >= 0.3 is 0 Å². The normalized spacial score (nSPS) is 23.2. The van der Waals surface area contributed by atoms with Crippen LogP contribution < -0.4 is 10.2 Å². The van der Waals surface area contributed by atoms with Crippen LogP contribution >= 0.6 is 35.6 Å². The number of hydrogen-bond acceptors (Lipinski definition) is 7. The average molecular weight is 548 g/mol. The van der Waals surface area contributed by atoms with Crippen LogP contribution in [0.15, 0.2) is 53.4 Å². The minimum absolute atomic E-state index is 0.00207. The molecule has 0 aliphatic carbocycles. The highest BCUT2D eigenvalue weighted by Gasteiger charge is 2.46. The summed E-state index contributed by atoms with van der Waals surface area (Å²) in [6.45, 7) is -0.271. The zero-order valence-electron chi connectivity index (χ0n) is 18.1. The summed E-state index contributed by atoms with van der Waals surface area (Å²) in [7, 11) is -3.23. The molecule has 3 heterocycles. The number of thiocarbonyl (C=S) groups is 1. The number of rotatable bonds is 4. The molecule has 1 unspecified atom stereocenters. The second-order valence-electron chi connectivity index (χ2n) is 8.27. The molecule has 0 saturated carbocycles. The van der Waals surface area contributed by atoms with Gasteiger partial charge in [-0.2, -0.15) is 0 Å². The van der Waals surface area contributed by atoms with Gasteiger partial charge in [0.15, 0.2) is 9.84 Å². The molecule has 5 rings (SSSR count). The minimum atomic E-state index is -3.23. The van der Waals surface area contributed by atoms with Gasteiger partial charge in [0.1, 0.15) is 10.9 Å². The van der Waals surface area contributed by atoms with E-state index in [1.165, 1.54) is 9.80 Å². The lowest BCUT2D eigenvalue weighted by molar-refractivity contribution is -0.123. The Bertz CT molecular complexity index is 1440. The van der Waals surface area contributed by atoms with Gasteiger partial charge in [-0.1, -0.05) is 59.8 Å². The molecule has 3 amide bonds. The van der Waals surface area contributed by atoms with Gasteiger partial charge in [-0.3, -0.25) is 24.2 Å². The number of carbonyl (C=O) groups excluding carboxylic acids is 3. The van der Waals surface area contributed by atoms with Crippen molar-refractivity contribution in [2.75, 3.05) is 28.3 Å². The van der Waals surface area contributed by atoms with Crippen molar-refractivity contribution < 1.29 is 22.8 Å². The number of para-hydroxylation sites is 1. The Hall–Kier alpha value is -2.73. The van der Waals surface area contributed by atoms with Crippen molar-refractivity contribution in [2.45, 2.75) is 12.5 Å². The fourth-order valence-corrected chi connectivity index (χ4v) is 7.75. The first-order chi connectivity index (χ1) is 16.6. The smallest absolute Gasteiger partial charge is 0.267 e. The number of benzene rings is 2. The van der Waals surface area contributed by atoms with Gasteiger partial charge in [0.05, 0.1) is 33.7 Å². The lowest BCUT2D eigenvalue weighted by Crippen LogP contribution is -2.39. The number of sulfone groups is 1. The third-order valence-corrected chi connectivity index (χ3v) is 9.32. The van der Waals surface area contributed by atoms with Crippen molar-refractivity contribution in [1.29, 1.82) is 0 Å². The average Bonchev–Trinajstić information content (AvgIpc) is 3.39. The number of anilines is 2. The Balaban J connectivity index is 1.45. The number of carbonyl (C=O) groups is 3. The summed E-state index contributed by atoms with van der Waals surface area (Å²) >= 11 is 12.4. The van der Waals surface area contributed by atoms with E-state index in [0.29, 0.717) is 28.4 Å². The second kappa shape index (κ2) is 9.05. The maximum absolute atomic E-state index is 13.5. The van der Waals surface area contributed by atoms with Crippen molar-refractivity contribution in [1.82, 2.24) is 4.90 Å². The van der Waals surface area contributed by atoms with E-state index in [1.807, 2.05) is 0 Å². The molecule has 35 heavy (non-hydrogen) atoms. The summed E-state index contributed by atoms with van der Waals surface area (Å²) in [5.74, 6) is -1.56. The monoisotopic (exact) mass is 547 g/mol. The first kappa shape index (κ1) is 24.0. The molecule has 8 nitrogen and oxygen atoms in total. The first-order valence-corrected chi connectivity index (χ1v) is 14.0. The number of fused-ring (bicyclic) bond motifs is 1. The number of hydrogen-bond donors (Lipinski definition) is 1. The summed E-state index contributed by atoms with van der Waals surface area (Å²) in [4.78, 5) is 42.4. The fraction of sp³-hybridized carbons (Fsp3) is 0.217. The Morgan fingerprint density at radius 1 is 1.14 bits per heavy atom. The number of nitrogens with zero attached hydrogens (tertiary/aromatic N) is 2. The van der Waals surface area contributed by atoms with Crippen molar-refractivity contribution in [2.24, 2.45) is 0 Å². The molecule has 1 N–H and O–H groups in total. The van der Waals surface area contributed by atoms with E-state index in [0.717, 1.165) is 11.8 Å². The molecule has 180 valence electrons. The molecule has 1 atom stereocenters. The van der Waals surface area contributed by atoms with Gasteiger partial charge in [-0.05, 0) is 30.7 Å². The van der Waals surface area contributed by atoms with Crippen LogP contribution in [0.4, 0.5) is 11.4 Å². The van der Waals surface area contributed by atoms with Gasteiger partial charge in [0.25, 0.3) is 11.8 Å². The Labute approximate surface area is 216 Å². The highest BCUT2D eigenvalue weighted by atomic mass is 35.5.